The van der Waals surface area contributed by atoms with Crippen LogP contribution in [0.25, 0.3) is 0 Å². The second kappa shape index (κ2) is 16.7. The van der Waals surface area contributed by atoms with Crippen molar-refractivity contribution >= 4 is 0 Å². The predicted octanol–water partition coefficient (Wildman–Crippen LogP) is -0.124. The van der Waals surface area contributed by atoms with E-state index in [1.807, 2.05) is 0 Å². The van der Waals surface area contributed by atoms with Gasteiger partial charge in [-0.15, -0.1) is 0 Å². The summed E-state index contributed by atoms with van der Waals surface area (Å²) in [6.45, 7) is 0. The van der Waals surface area contributed by atoms with Crippen molar-refractivity contribution in [1.82, 2.24) is 0 Å². The van der Waals surface area contributed by atoms with Crippen LogP contribution in [0.3, 0.4) is 0 Å². The van der Waals surface area contributed by atoms with Crippen molar-refractivity contribution in [2.75, 3.05) is 0 Å². The summed E-state index contributed by atoms with van der Waals surface area (Å²) in [4.78, 5) is 0. The van der Waals surface area contributed by atoms with Gasteiger partial charge in [0.15, 0.2) is 0 Å². The molecule has 0 heterocycles. The molecule has 4 heteroatoms. The zero-order valence-corrected chi connectivity index (χ0v) is 9.88. The molecular formula is CeMoOY. The van der Waals surface area contributed by atoms with Crippen LogP contribution in [0.5, 0.6) is 0 Å². The Bertz CT molecular complexity index is 8.00. The van der Waals surface area contributed by atoms with Gasteiger partial charge in [0, 0.05) is 53.8 Å². The average Bonchev–Trinajstić information content (AvgIpc) is 1.00. The normalized spacial score (nSPS) is 0.750. The molecule has 0 aliphatic rings. The van der Waals surface area contributed by atoms with E-state index in [1.165, 1.54) is 0 Å². The number of hydrogen-bond acceptors (Lipinski definition) is 1. The topological polar surface area (TPSA) is 17.1 Å². The number of rotatable bonds is 0. The first-order chi connectivity index (χ1) is 1.00. The second-order valence-corrected chi connectivity index (χ2v) is 0. The molecule has 0 N–H and O–H groups in total. The van der Waals surface area contributed by atoms with Gasteiger partial charge in [0.05, 0.1) is 0 Å². The maximum absolute atomic E-state index is 8.39. The van der Waals surface area contributed by atoms with Crippen LogP contribution in [0, 0.1) is 39.8 Å². The second-order valence-electron chi connectivity index (χ2n) is 0. The third-order valence-corrected chi connectivity index (χ3v) is 0. The summed E-state index contributed by atoms with van der Waals surface area (Å²) in [6.07, 6.45) is 0. The van der Waals surface area contributed by atoms with Gasteiger partial charge in [-0.25, -0.2) is 0 Å². The first-order valence-electron chi connectivity index (χ1n) is 0.204. The van der Waals surface area contributed by atoms with Gasteiger partial charge in [-0.05, 0) is 0 Å². The molecule has 4 heavy (non-hydrogen) atoms. The van der Waals surface area contributed by atoms with Crippen LogP contribution in [0.4, 0.5) is 0 Å². The van der Waals surface area contributed by atoms with Crippen molar-refractivity contribution in [1.29, 1.82) is 0 Å². The van der Waals surface area contributed by atoms with Gasteiger partial charge in [-0.2, -0.15) is 0 Å². The summed E-state index contributed by atoms with van der Waals surface area (Å²) in [5, 5.41) is 0. The Kier molecular flexibility index (Phi) is 65.9. The molecule has 0 rings (SSSR count). The van der Waals surface area contributed by atoms with Gasteiger partial charge in [0.1, 0.15) is 0 Å². The van der Waals surface area contributed by atoms with E-state index in [4.69, 9.17) is 0.938 Å². The summed E-state index contributed by atoms with van der Waals surface area (Å²) < 4.78 is 8.39. The summed E-state index contributed by atoms with van der Waals surface area (Å²) in [6, 6.07) is 0. The van der Waals surface area contributed by atoms with Crippen molar-refractivity contribution in [3.8, 4) is 0 Å². The largest absolute Gasteiger partial charge is 0 e. The molecule has 0 amide bonds. The van der Waals surface area contributed by atoms with Crippen LogP contribution in [0.2, 0.25) is 0 Å². The Morgan fingerprint density at radius 2 is 1.25 bits per heavy atom. The molecule has 0 aliphatic carbocycles. The average molecular weight is 341 g/mol. The fourth-order valence-electron chi connectivity index (χ4n) is 0. The minimum Gasteiger partial charge on any atom is 0 e. The van der Waals surface area contributed by atoms with E-state index < -0.39 is 0 Å². The minimum atomic E-state index is 0. The molecule has 0 spiro atoms. The maximum atomic E-state index is 8.39. The molecule has 19 valence electrons. The first-order valence-corrected chi connectivity index (χ1v) is 1.49. The molecule has 0 fully saturated rings. The van der Waals surface area contributed by atoms with E-state index in [1.54, 1.807) is 0 Å². The Labute approximate surface area is 92.0 Å². The van der Waals surface area contributed by atoms with Crippen molar-refractivity contribution in [3.63, 3.8) is 0 Å². The first kappa shape index (κ1) is 15.8. The number of hydrogen-bond donors (Lipinski definition) is 0. The van der Waals surface area contributed by atoms with Crippen LogP contribution < -0.4 is 0 Å². The van der Waals surface area contributed by atoms with Crippen molar-refractivity contribution in [3.05, 3.63) is 0 Å². The molecule has 0 saturated carbocycles. The van der Waals surface area contributed by atoms with E-state index in [-0.39, 0.29) is 93.5 Å². The van der Waals surface area contributed by atoms with Crippen LogP contribution >= 0.6 is 0 Å². The van der Waals surface area contributed by atoms with E-state index >= 15 is 0 Å². The van der Waals surface area contributed by atoms with Gasteiger partial charge < -0.3 is 0 Å². The smallest absolute Gasteiger partial charge is 0 e. The minimum absolute atomic E-state index is 0. The molecule has 1 nitrogen and oxygen atoms in total. The van der Waals surface area contributed by atoms with Crippen molar-refractivity contribution < 1.29 is 94.5 Å². The third kappa shape index (κ3) is 8.88. The van der Waals surface area contributed by atoms with Crippen molar-refractivity contribution in [2.45, 2.75) is 0 Å². The molecule has 0 aromatic rings. The van der Waals surface area contributed by atoms with Gasteiger partial charge in [0.25, 0.3) is 0 Å². The van der Waals surface area contributed by atoms with Crippen LogP contribution in [-0.4, -0.2) is 0 Å². The summed E-state index contributed by atoms with van der Waals surface area (Å²) in [5.41, 5.74) is 0. The fourth-order valence-corrected chi connectivity index (χ4v) is 0. The molecule has 0 saturated heterocycles. The molecule has 0 unspecified atom stereocenters. The summed E-state index contributed by atoms with van der Waals surface area (Å²) in [5.74, 6) is 0. The molecule has 0 bridgehead atoms. The monoisotopic (exact) mass is 343 g/mol. The molecule has 0 aliphatic heterocycles. The van der Waals surface area contributed by atoms with E-state index in [2.05, 4.69) is 0 Å². The van der Waals surface area contributed by atoms with E-state index in [9.17, 15) is 0 Å². The van der Waals surface area contributed by atoms with Crippen LogP contribution in [0.1, 0.15) is 0 Å². The maximum Gasteiger partial charge on any atom is 0 e. The predicted molar refractivity (Wildman–Crippen MR) is 0.686 cm³/mol. The van der Waals surface area contributed by atoms with Crippen LogP contribution in [0.15, 0.2) is 0 Å². The Balaban J connectivity index is -0.00000000500. The molecule has 0 atom stereocenters. The van der Waals surface area contributed by atoms with Crippen LogP contribution in [-0.2, 0) is 54.7 Å². The molecular weight excluding hydrogens is 341 g/mol. The fraction of sp³-hybridized carbons (Fsp3) is 0. The Morgan fingerprint density at radius 3 is 1.25 bits per heavy atom. The zero-order valence-electron chi connectivity index (χ0n) is 1.89. The standard InChI is InChI=1S/Ce.Mo.O.Y. The summed E-state index contributed by atoms with van der Waals surface area (Å²) in [7, 11) is 0. The Morgan fingerprint density at radius 1 is 1.25 bits per heavy atom. The zero-order chi connectivity index (χ0) is 2.00. The summed E-state index contributed by atoms with van der Waals surface area (Å²) >= 11 is 0.0556. The molecule has 0 aromatic heterocycles. The van der Waals surface area contributed by atoms with E-state index in [0.717, 1.165) is 0 Å². The van der Waals surface area contributed by atoms with Crippen molar-refractivity contribution in [2.24, 2.45) is 0 Å². The quantitative estimate of drug-likeness (QED) is 0.562. The van der Waals surface area contributed by atoms with Gasteiger partial charge in [-0.3, -0.25) is 0 Å². The molecule has 1 radical (unpaired) electrons. The van der Waals surface area contributed by atoms with Gasteiger partial charge >= 0.3 is 40.7 Å². The molecule has 0 aromatic carbocycles. The van der Waals surface area contributed by atoms with Gasteiger partial charge in [-0.1, -0.05) is 0 Å². The van der Waals surface area contributed by atoms with E-state index in [0.29, 0.717) is 0 Å². The SMILES string of the molecule is [Mo].[O]=[Ce].[Y]. The Hall–Kier alpha value is 2.97. The van der Waals surface area contributed by atoms with Gasteiger partial charge in [0.2, 0.25) is 0 Å². The third-order valence-electron chi connectivity index (χ3n) is 0.